The second-order valence-electron chi connectivity index (χ2n) is 3.22. The molecule has 0 atom stereocenters. The summed E-state index contributed by atoms with van der Waals surface area (Å²) in [7, 11) is 0. The highest BCUT2D eigenvalue weighted by molar-refractivity contribution is 4.76. The first-order valence-electron chi connectivity index (χ1n) is 4.42. The average molecular weight is 152 g/mol. The van der Waals surface area contributed by atoms with Crippen molar-refractivity contribution < 1.29 is 0 Å². The summed E-state index contributed by atoms with van der Waals surface area (Å²) in [6.45, 7) is 13.3. The van der Waals surface area contributed by atoms with Gasteiger partial charge < -0.3 is 9.74 Å². The van der Waals surface area contributed by atoms with Crippen molar-refractivity contribution in [3.8, 4) is 0 Å². The van der Waals surface area contributed by atoms with Gasteiger partial charge in [-0.2, -0.15) is 0 Å². The molecule has 2 nitrogen and oxygen atoms in total. The van der Waals surface area contributed by atoms with Gasteiger partial charge in [-0.3, -0.25) is 0 Å². The van der Waals surface area contributed by atoms with Crippen molar-refractivity contribution in [2.45, 2.75) is 19.8 Å². The van der Waals surface area contributed by atoms with Crippen molar-refractivity contribution in [2.75, 3.05) is 26.2 Å². The van der Waals surface area contributed by atoms with Gasteiger partial charge in [0, 0.05) is 5.92 Å². The maximum absolute atomic E-state index is 6.75. The van der Waals surface area contributed by atoms with Gasteiger partial charge in [-0.1, -0.05) is 6.92 Å². The van der Waals surface area contributed by atoms with Crippen LogP contribution in [0.4, 0.5) is 0 Å². The molecule has 1 fully saturated rings. The van der Waals surface area contributed by atoms with E-state index in [9.17, 15) is 0 Å². The molecule has 0 spiro atoms. The summed E-state index contributed by atoms with van der Waals surface area (Å²) in [6.07, 6.45) is 2.46. The molecule has 1 aliphatic heterocycles. The number of rotatable bonds is 2. The van der Waals surface area contributed by atoms with Gasteiger partial charge in [0.2, 0.25) is 6.54 Å². The summed E-state index contributed by atoms with van der Waals surface area (Å²) >= 11 is 0. The van der Waals surface area contributed by atoms with Crippen molar-refractivity contribution in [3.63, 3.8) is 0 Å². The molecular weight excluding hydrogens is 136 g/mol. The average Bonchev–Trinajstić information content (AvgIpc) is 2.07. The molecule has 0 aromatic carbocycles. The molecule has 62 valence electrons. The molecule has 0 radical (unpaired) electrons. The fourth-order valence-electron chi connectivity index (χ4n) is 1.61. The highest BCUT2D eigenvalue weighted by atomic mass is 15.1. The van der Waals surface area contributed by atoms with Crippen molar-refractivity contribution >= 4 is 0 Å². The standard InChI is InChI=1S/C9H16N2/c1-3-11-6-4-9(5-7-11)8-10-2/h9H,3-8H2,1H3. The van der Waals surface area contributed by atoms with Crippen LogP contribution in [-0.2, 0) is 0 Å². The normalized spacial score (nSPS) is 21.5. The quantitative estimate of drug-likeness (QED) is 0.546. The molecule has 0 aliphatic carbocycles. The van der Waals surface area contributed by atoms with E-state index < -0.39 is 0 Å². The monoisotopic (exact) mass is 152 g/mol. The highest BCUT2D eigenvalue weighted by Gasteiger charge is 2.19. The molecule has 11 heavy (non-hydrogen) atoms. The summed E-state index contributed by atoms with van der Waals surface area (Å²) < 4.78 is 0. The lowest BCUT2D eigenvalue weighted by molar-refractivity contribution is 0.199. The molecular formula is C9H16N2. The molecule has 1 rings (SSSR count). The van der Waals surface area contributed by atoms with E-state index >= 15 is 0 Å². The molecule has 1 saturated heterocycles. The predicted molar refractivity (Wildman–Crippen MR) is 46.3 cm³/mol. The fourth-order valence-corrected chi connectivity index (χ4v) is 1.61. The minimum atomic E-state index is 0.690. The SMILES string of the molecule is [C-]#[N+]CC1CCN(CC)CC1. The highest BCUT2D eigenvalue weighted by Crippen LogP contribution is 2.16. The van der Waals surface area contributed by atoms with Gasteiger partial charge in [0.25, 0.3) is 0 Å². The van der Waals surface area contributed by atoms with Crippen LogP contribution in [-0.4, -0.2) is 31.1 Å². The topological polar surface area (TPSA) is 7.60 Å². The molecule has 0 saturated carbocycles. The largest absolute Gasteiger partial charge is 0.317 e. The molecule has 2 heteroatoms. The van der Waals surface area contributed by atoms with Crippen LogP contribution in [0.1, 0.15) is 19.8 Å². The molecule has 1 aliphatic rings. The number of likely N-dealkylation sites (tertiary alicyclic amines) is 1. The fraction of sp³-hybridized carbons (Fsp3) is 0.889. The van der Waals surface area contributed by atoms with Gasteiger partial charge in [0.1, 0.15) is 0 Å². The smallest absolute Gasteiger partial charge is 0.217 e. The Balaban J connectivity index is 2.20. The van der Waals surface area contributed by atoms with E-state index in [4.69, 9.17) is 6.57 Å². The zero-order chi connectivity index (χ0) is 8.10. The van der Waals surface area contributed by atoms with E-state index in [0.29, 0.717) is 5.92 Å². The maximum Gasteiger partial charge on any atom is 0.217 e. The lowest BCUT2D eigenvalue weighted by Crippen LogP contribution is -2.34. The Morgan fingerprint density at radius 1 is 1.45 bits per heavy atom. The second kappa shape index (κ2) is 4.35. The Labute approximate surface area is 69.0 Å². The zero-order valence-electron chi connectivity index (χ0n) is 7.21. The number of nitrogens with zero attached hydrogens (tertiary/aromatic N) is 2. The third-order valence-electron chi connectivity index (χ3n) is 2.50. The van der Waals surface area contributed by atoms with Crippen molar-refractivity contribution in [2.24, 2.45) is 5.92 Å². The molecule has 0 aromatic heterocycles. The first kappa shape index (κ1) is 8.55. The van der Waals surface area contributed by atoms with E-state index in [1.165, 1.54) is 32.5 Å². The molecule has 0 N–H and O–H groups in total. The van der Waals surface area contributed by atoms with E-state index in [1.807, 2.05) is 0 Å². The second-order valence-corrected chi connectivity index (χ2v) is 3.22. The predicted octanol–water partition coefficient (Wildman–Crippen LogP) is 1.64. The van der Waals surface area contributed by atoms with Gasteiger partial charge in [-0.05, 0) is 32.5 Å². The summed E-state index contributed by atoms with van der Waals surface area (Å²) in [5, 5.41) is 0. The summed E-state index contributed by atoms with van der Waals surface area (Å²) in [6, 6.07) is 0. The number of hydrogen-bond acceptors (Lipinski definition) is 1. The van der Waals surface area contributed by atoms with Crippen LogP contribution in [0.3, 0.4) is 0 Å². The van der Waals surface area contributed by atoms with Crippen LogP contribution in [0.15, 0.2) is 0 Å². The van der Waals surface area contributed by atoms with Crippen LogP contribution in [0.25, 0.3) is 4.85 Å². The lowest BCUT2D eigenvalue weighted by Gasteiger charge is -2.28. The Bertz CT molecular complexity index is 140. The van der Waals surface area contributed by atoms with Crippen molar-refractivity contribution in [3.05, 3.63) is 11.4 Å². The summed E-state index contributed by atoms with van der Waals surface area (Å²) in [5.41, 5.74) is 0. The molecule has 0 amide bonds. The maximum atomic E-state index is 6.75. The number of piperidine rings is 1. The van der Waals surface area contributed by atoms with E-state index in [1.54, 1.807) is 0 Å². The van der Waals surface area contributed by atoms with Gasteiger partial charge in [-0.25, -0.2) is 6.57 Å². The van der Waals surface area contributed by atoms with Crippen LogP contribution in [0, 0.1) is 12.5 Å². The first-order chi connectivity index (χ1) is 5.36. The van der Waals surface area contributed by atoms with Gasteiger partial charge >= 0.3 is 0 Å². The Morgan fingerprint density at radius 3 is 2.55 bits per heavy atom. The van der Waals surface area contributed by atoms with Gasteiger partial charge in [0.15, 0.2) is 0 Å². The van der Waals surface area contributed by atoms with Crippen LogP contribution in [0.2, 0.25) is 0 Å². The zero-order valence-corrected chi connectivity index (χ0v) is 7.21. The molecule has 0 bridgehead atoms. The van der Waals surface area contributed by atoms with Crippen LogP contribution in [0.5, 0.6) is 0 Å². The Kier molecular flexibility index (Phi) is 3.38. The van der Waals surface area contributed by atoms with E-state index in [-0.39, 0.29) is 0 Å². The Hall–Kier alpha value is -0.550. The molecule has 0 unspecified atom stereocenters. The van der Waals surface area contributed by atoms with Crippen LogP contribution < -0.4 is 0 Å². The van der Waals surface area contributed by atoms with Crippen LogP contribution >= 0.6 is 0 Å². The lowest BCUT2D eigenvalue weighted by atomic mass is 9.97. The van der Waals surface area contributed by atoms with Crippen molar-refractivity contribution in [1.29, 1.82) is 0 Å². The number of hydrogen-bond donors (Lipinski definition) is 0. The summed E-state index contributed by atoms with van der Waals surface area (Å²) in [4.78, 5) is 5.90. The van der Waals surface area contributed by atoms with E-state index in [2.05, 4.69) is 16.7 Å². The minimum Gasteiger partial charge on any atom is -0.317 e. The van der Waals surface area contributed by atoms with Crippen molar-refractivity contribution in [1.82, 2.24) is 4.90 Å². The third-order valence-corrected chi connectivity index (χ3v) is 2.50. The molecule has 1 heterocycles. The van der Waals surface area contributed by atoms with Gasteiger partial charge in [-0.15, -0.1) is 0 Å². The molecule has 0 aromatic rings. The summed E-state index contributed by atoms with van der Waals surface area (Å²) in [5.74, 6) is 0.690. The minimum absolute atomic E-state index is 0.690. The van der Waals surface area contributed by atoms with E-state index in [0.717, 1.165) is 6.54 Å². The third kappa shape index (κ3) is 2.51. The Morgan fingerprint density at radius 2 is 2.09 bits per heavy atom. The first-order valence-corrected chi connectivity index (χ1v) is 4.42. The van der Waals surface area contributed by atoms with Gasteiger partial charge in [0.05, 0.1) is 0 Å².